The Bertz CT molecular complexity index is 1060. The van der Waals surface area contributed by atoms with Gasteiger partial charge in [-0.05, 0) is 25.0 Å². The Morgan fingerprint density at radius 3 is 1.48 bits per heavy atom. The van der Waals surface area contributed by atoms with Gasteiger partial charge < -0.3 is 49.6 Å². The monoisotopic (exact) mass is 570 g/mol. The van der Waals surface area contributed by atoms with Crippen molar-refractivity contribution in [2.45, 2.75) is 114 Å². The van der Waals surface area contributed by atoms with Gasteiger partial charge in [-0.2, -0.15) is 0 Å². The van der Waals surface area contributed by atoms with Crippen molar-refractivity contribution in [3.8, 4) is 0 Å². The Kier molecular flexibility index (Phi) is 10.7. The Labute approximate surface area is 232 Å². The van der Waals surface area contributed by atoms with Crippen LogP contribution in [0.25, 0.3) is 11.0 Å². The lowest BCUT2D eigenvalue weighted by molar-refractivity contribution is -0.292. The zero-order chi connectivity index (χ0) is 29.0. The highest BCUT2D eigenvalue weighted by molar-refractivity contribution is 5.76. The predicted octanol–water partition coefficient (Wildman–Crippen LogP) is -0.948. The number of para-hydroxylation sites is 2. The van der Waals surface area contributed by atoms with E-state index < -0.39 is 67.1 Å². The van der Waals surface area contributed by atoms with E-state index in [1.807, 2.05) is 13.8 Å². The van der Waals surface area contributed by atoms with Crippen molar-refractivity contribution in [2.75, 3.05) is 13.2 Å². The molecular formula is C27H42N2O11. The molecule has 13 heteroatoms. The Balaban J connectivity index is 1.59. The van der Waals surface area contributed by atoms with Crippen LogP contribution in [0.1, 0.15) is 39.5 Å². The van der Waals surface area contributed by atoms with Gasteiger partial charge in [-0.1, -0.05) is 38.8 Å². The molecule has 13 nitrogen and oxygen atoms in total. The van der Waals surface area contributed by atoms with Crippen molar-refractivity contribution < 1.29 is 49.6 Å². The molecule has 2 aliphatic rings. The molecule has 1 aromatic heterocycles. The molecule has 2 fully saturated rings. The van der Waals surface area contributed by atoms with Crippen LogP contribution in [-0.4, -0.2) is 114 Å². The van der Waals surface area contributed by atoms with E-state index in [1.54, 1.807) is 24.3 Å². The van der Waals surface area contributed by atoms with Gasteiger partial charge in [0.25, 0.3) is 0 Å². The highest BCUT2D eigenvalue weighted by Crippen LogP contribution is 2.27. The molecule has 2 aliphatic heterocycles. The van der Waals surface area contributed by atoms with Crippen LogP contribution >= 0.6 is 0 Å². The molecule has 10 unspecified atom stereocenters. The van der Waals surface area contributed by atoms with Crippen molar-refractivity contribution in [1.29, 1.82) is 0 Å². The van der Waals surface area contributed by atoms with E-state index >= 15 is 0 Å². The second kappa shape index (κ2) is 13.8. The maximum absolute atomic E-state index is 13.7. The number of hydrogen-bond acceptors (Lipinski definition) is 11. The van der Waals surface area contributed by atoms with Crippen molar-refractivity contribution >= 4 is 11.0 Å². The van der Waals surface area contributed by atoms with Gasteiger partial charge in [-0.25, -0.2) is 4.79 Å². The topological polar surface area (TPSA) is 185 Å². The summed E-state index contributed by atoms with van der Waals surface area (Å²) >= 11 is 0. The van der Waals surface area contributed by atoms with Gasteiger partial charge in [-0.15, -0.1) is 0 Å². The number of unbranched alkanes of at least 4 members (excludes halogenated alkanes) is 2. The highest BCUT2D eigenvalue weighted by Gasteiger charge is 2.46. The molecule has 0 amide bonds. The number of imidazole rings is 1. The van der Waals surface area contributed by atoms with E-state index in [1.165, 1.54) is 9.13 Å². The van der Waals surface area contributed by atoms with E-state index in [9.17, 15) is 35.4 Å². The standard InChI is InChI=1S/C27H42N2O11/c1-3-5-11-37-23-19(30)17(39-25(34)21(23)32)13-28-15-9-7-8-10-16(15)29(27(28)36)14-18-20(31)24(38-12-6-4-2)22(33)26(35)40-18/h7-10,17-26,30-35H,3-6,11-14H2,1-2H3. The van der Waals surface area contributed by atoms with Crippen LogP contribution in [0.2, 0.25) is 0 Å². The summed E-state index contributed by atoms with van der Waals surface area (Å²) in [6.45, 7) is 4.18. The summed E-state index contributed by atoms with van der Waals surface area (Å²) in [7, 11) is 0. The number of rotatable bonds is 12. The Morgan fingerprint density at radius 2 is 1.10 bits per heavy atom. The third-order valence-electron chi connectivity index (χ3n) is 7.59. The second-order valence-corrected chi connectivity index (χ2v) is 10.5. The number of benzene rings is 1. The number of fused-ring (bicyclic) bond motifs is 1. The van der Waals surface area contributed by atoms with Crippen molar-refractivity contribution in [3.63, 3.8) is 0 Å². The predicted molar refractivity (Wildman–Crippen MR) is 141 cm³/mol. The molecule has 0 radical (unpaired) electrons. The fraction of sp³-hybridized carbons (Fsp3) is 0.741. The van der Waals surface area contributed by atoms with Gasteiger partial charge >= 0.3 is 5.69 Å². The van der Waals surface area contributed by atoms with E-state index in [-0.39, 0.29) is 26.3 Å². The molecule has 0 saturated carbocycles. The normalized spacial score (nSPS) is 34.9. The second-order valence-electron chi connectivity index (χ2n) is 10.5. The summed E-state index contributed by atoms with van der Waals surface area (Å²) in [5.41, 5.74) is 0.476. The molecule has 0 bridgehead atoms. The van der Waals surface area contributed by atoms with Gasteiger partial charge in [-0.3, -0.25) is 9.13 Å². The number of aliphatic hydroxyl groups is 6. The molecule has 1 aromatic carbocycles. The maximum atomic E-state index is 13.7. The molecule has 40 heavy (non-hydrogen) atoms. The lowest BCUT2D eigenvalue weighted by Gasteiger charge is -2.40. The molecule has 0 spiro atoms. The fourth-order valence-electron chi connectivity index (χ4n) is 5.24. The van der Waals surface area contributed by atoms with Crippen LogP contribution < -0.4 is 5.69 Å². The average molecular weight is 571 g/mol. The number of nitrogens with zero attached hydrogens (tertiary/aromatic N) is 2. The first kappa shape index (κ1) is 31.0. The minimum atomic E-state index is -1.62. The van der Waals surface area contributed by atoms with Crippen LogP contribution in [0.15, 0.2) is 29.1 Å². The summed E-state index contributed by atoms with van der Waals surface area (Å²) in [6, 6.07) is 6.88. The maximum Gasteiger partial charge on any atom is 0.329 e. The SMILES string of the molecule is CCCCOC1C(O)C(O)OC(Cn2c(=O)n(CC3OC(O)C(O)C(OCCCC)C3O)c3ccccc32)C1O. The molecule has 0 aliphatic carbocycles. The minimum Gasteiger partial charge on any atom is -0.388 e. The van der Waals surface area contributed by atoms with Crippen molar-refractivity contribution in [1.82, 2.24) is 9.13 Å². The summed E-state index contributed by atoms with van der Waals surface area (Å²) < 4.78 is 25.0. The van der Waals surface area contributed by atoms with Gasteiger partial charge in [0.1, 0.15) is 48.8 Å². The van der Waals surface area contributed by atoms with Crippen LogP contribution in [0.4, 0.5) is 0 Å². The number of ether oxygens (including phenoxy) is 4. The summed E-state index contributed by atoms with van der Waals surface area (Å²) in [4.78, 5) is 13.7. The molecular weight excluding hydrogens is 528 g/mol. The van der Waals surface area contributed by atoms with Gasteiger partial charge in [0, 0.05) is 13.2 Å². The van der Waals surface area contributed by atoms with Crippen LogP contribution in [0, 0.1) is 0 Å². The van der Waals surface area contributed by atoms with Crippen molar-refractivity contribution in [2.24, 2.45) is 0 Å². The lowest BCUT2D eigenvalue weighted by atomic mass is 9.98. The molecule has 6 N–H and O–H groups in total. The van der Waals surface area contributed by atoms with Gasteiger partial charge in [0.2, 0.25) is 0 Å². The van der Waals surface area contributed by atoms with Crippen LogP contribution in [0.5, 0.6) is 0 Å². The number of hydrogen-bond donors (Lipinski definition) is 6. The molecule has 4 rings (SSSR count). The van der Waals surface area contributed by atoms with Crippen LogP contribution in [0.3, 0.4) is 0 Å². The molecule has 226 valence electrons. The van der Waals surface area contributed by atoms with Crippen molar-refractivity contribution in [3.05, 3.63) is 34.7 Å². The lowest BCUT2D eigenvalue weighted by Crippen LogP contribution is -2.60. The summed E-state index contributed by atoms with van der Waals surface area (Å²) in [5.74, 6) is 0. The zero-order valence-electron chi connectivity index (χ0n) is 22.9. The average Bonchev–Trinajstić information content (AvgIpc) is 3.20. The first-order chi connectivity index (χ1) is 19.2. The quantitative estimate of drug-likeness (QED) is 0.173. The Morgan fingerprint density at radius 1 is 0.700 bits per heavy atom. The largest absolute Gasteiger partial charge is 0.388 e. The van der Waals surface area contributed by atoms with Gasteiger partial charge in [0.05, 0.1) is 24.1 Å². The first-order valence-electron chi connectivity index (χ1n) is 14.0. The number of aliphatic hydroxyl groups excluding tert-OH is 6. The van der Waals surface area contributed by atoms with Gasteiger partial charge in [0.15, 0.2) is 12.6 Å². The van der Waals surface area contributed by atoms with E-state index in [4.69, 9.17) is 18.9 Å². The third-order valence-corrected chi connectivity index (χ3v) is 7.59. The molecule has 2 aromatic rings. The van der Waals surface area contributed by atoms with E-state index in [2.05, 4.69) is 0 Å². The summed E-state index contributed by atoms with van der Waals surface area (Å²) in [6.07, 6.45) is -10.1. The fourth-order valence-corrected chi connectivity index (χ4v) is 5.24. The highest BCUT2D eigenvalue weighted by atomic mass is 16.7. The Hall–Kier alpha value is -1.91. The third kappa shape index (κ3) is 6.44. The molecule has 10 atom stereocenters. The van der Waals surface area contributed by atoms with E-state index in [0.717, 1.165) is 12.8 Å². The minimum absolute atomic E-state index is 0.164. The van der Waals surface area contributed by atoms with Crippen LogP contribution in [-0.2, 0) is 32.0 Å². The van der Waals surface area contributed by atoms with E-state index in [0.29, 0.717) is 23.9 Å². The first-order valence-corrected chi connectivity index (χ1v) is 14.0. The smallest absolute Gasteiger partial charge is 0.329 e. The molecule has 3 heterocycles. The summed E-state index contributed by atoms with van der Waals surface area (Å²) in [5, 5.41) is 63.2. The molecule has 2 saturated heterocycles. The number of aromatic nitrogens is 2. The zero-order valence-corrected chi connectivity index (χ0v) is 22.9.